The van der Waals surface area contributed by atoms with Gasteiger partial charge < -0.3 is 15.2 Å². The van der Waals surface area contributed by atoms with Crippen LogP contribution in [0.2, 0.25) is 0 Å². The van der Waals surface area contributed by atoms with Crippen molar-refractivity contribution >= 4 is 10.9 Å². The van der Waals surface area contributed by atoms with E-state index in [4.69, 9.17) is 0 Å². The molecule has 2 N–H and O–H groups in total. The maximum atomic E-state index is 3.58. The van der Waals surface area contributed by atoms with E-state index in [1.807, 2.05) is 0 Å². The molecule has 0 bridgehead atoms. The molecule has 0 saturated heterocycles. The Morgan fingerprint density at radius 1 is 1.33 bits per heavy atom. The Kier molecular flexibility index (Phi) is 4.39. The minimum absolute atomic E-state index is 0.503. The number of nitrogens with zero attached hydrogens (tertiary/aromatic N) is 1. The van der Waals surface area contributed by atoms with Gasteiger partial charge in [0.15, 0.2) is 0 Å². The number of nitrogens with one attached hydrogen (secondary N) is 2. The van der Waals surface area contributed by atoms with Crippen LogP contribution in [0.1, 0.15) is 19.4 Å². The van der Waals surface area contributed by atoms with Crippen LogP contribution >= 0.6 is 0 Å². The first-order valence-electron chi connectivity index (χ1n) is 6.67. The van der Waals surface area contributed by atoms with Crippen molar-refractivity contribution in [2.75, 3.05) is 20.1 Å². The lowest BCUT2D eigenvalue weighted by molar-refractivity contribution is 0.309. The Labute approximate surface area is 109 Å². The van der Waals surface area contributed by atoms with Gasteiger partial charge in [-0.1, -0.05) is 25.1 Å². The molecule has 2 aromatic rings. The molecule has 0 spiro atoms. The summed E-state index contributed by atoms with van der Waals surface area (Å²) in [6.07, 6.45) is 2.11. The maximum Gasteiger partial charge on any atom is 0.0457 e. The molecule has 0 aliphatic rings. The fourth-order valence-corrected chi connectivity index (χ4v) is 2.22. The van der Waals surface area contributed by atoms with Crippen LogP contribution in [0.15, 0.2) is 30.5 Å². The van der Waals surface area contributed by atoms with Gasteiger partial charge in [0.1, 0.15) is 0 Å². The molecule has 0 aliphatic carbocycles. The van der Waals surface area contributed by atoms with E-state index in [1.54, 1.807) is 0 Å². The third kappa shape index (κ3) is 3.12. The summed E-state index contributed by atoms with van der Waals surface area (Å²) in [5.41, 5.74) is 2.56. The van der Waals surface area contributed by atoms with Crippen molar-refractivity contribution in [3.63, 3.8) is 0 Å². The van der Waals surface area contributed by atoms with Crippen molar-refractivity contribution in [1.29, 1.82) is 0 Å². The van der Waals surface area contributed by atoms with Crippen LogP contribution < -0.4 is 5.32 Å². The van der Waals surface area contributed by atoms with Crippen LogP contribution in [0.25, 0.3) is 10.9 Å². The molecule has 1 aromatic heterocycles. The largest absolute Gasteiger partial charge is 0.361 e. The molecule has 0 radical (unpaired) electrons. The van der Waals surface area contributed by atoms with Gasteiger partial charge in [0.25, 0.3) is 0 Å². The smallest absolute Gasteiger partial charge is 0.0457 e. The summed E-state index contributed by atoms with van der Waals surface area (Å²) in [5.74, 6) is 0. The van der Waals surface area contributed by atoms with E-state index >= 15 is 0 Å². The van der Waals surface area contributed by atoms with Gasteiger partial charge in [0, 0.05) is 36.2 Å². The second-order valence-electron chi connectivity index (χ2n) is 5.00. The number of likely N-dealkylation sites (N-methyl/N-ethyl adjacent to an activating group) is 1. The quantitative estimate of drug-likeness (QED) is 0.819. The fraction of sp³-hybridized carbons (Fsp3) is 0.467. The summed E-state index contributed by atoms with van der Waals surface area (Å²) in [6, 6.07) is 8.95. The monoisotopic (exact) mass is 245 g/mol. The number of aromatic amines is 1. The Balaban J connectivity index is 1.94. The lowest BCUT2D eigenvalue weighted by atomic mass is 10.1. The third-order valence-electron chi connectivity index (χ3n) is 3.44. The molecule has 3 heteroatoms. The van der Waals surface area contributed by atoms with Crippen LogP contribution in [0.4, 0.5) is 0 Å². The van der Waals surface area contributed by atoms with Gasteiger partial charge in [-0.2, -0.15) is 0 Å². The first-order valence-corrected chi connectivity index (χ1v) is 6.67. The number of rotatable bonds is 6. The second kappa shape index (κ2) is 6.03. The lowest BCUT2D eigenvalue weighted by Crippen LogP contribution is -2.36. The van der Waals surface area contributed by atoms with Crippen LogP contribution in [0, 0.1) is 0 Å². The first kappa shape index (κ1) is 13.1. The molecule has 1 aromatic carbocycles. The molecule has 3 nitrogen and oxygen atoms in total. The van der Waals surface area contributed by atoms with Gasteiger partial charge in [-0.25, -0.2) is 0 Å². The molecular weight excluding hydrogens is 222 g/mol. The molecule has 1 heterocycles. The van der Waals surface area contributed by atoms with Crippen LogP contribution in [-0.4, -0.2) is 36.1 Å². The Morgan fingerprint density at radius 3 is 2.89 bits per heavy atom. The Hall–Kier alpha value is -1.32. The van der Waals surface area contributed by atoms with E-state index in [9.17, 15) is 0 Å². The third-order valence-corrected chi connectivity index (χ3v) is 3.44. The Morgan fingerprint density at radius 2 is 2.11 bits per heavy atom. The topological polar surface area (TPSA) is 31.1 Å². The van der Waals surface area contributed by atoms with E-state index < -0.39 is 0 Å². The number of hydrogen-bond donors (Lipinski definition) is 2. The van der Waals surface area contributed by atoms with Gasteiger partial charge >= 0.3 is 0 Å². The SMILES string of the molecule is CCN(C)CC(C)NCc1c[nH]c2ccccc12. The number of benzene rings is 1. The summed E-state index contributed by atoms with van der Waals surface area (Å²) in [5, 5.41) is 4.90. The predicted octanol–water partition coefficient (Wildman–Crippen LogP) is 2.60. The van der Waals surface area contributed by atoms with Crippen LogP contribution in [-0.2, 0) is 6.54 Å². The van der Waals surface area contributed by atoms with Crippen molar-refractivity contribution < 1.29 is 0 Å². The molecule has 1 unspecified atom stereocenters. The molecular formula is C15H23N3. The van der Waals surface area contributed by atoms with Crippen molar-refractivity contribution in [2.45, 2.75) is 26.4 Å². The highest BCUT2D eigenvalue weighted by molar-refractivity contribution is 5.82. The average molecular weight is 245 g/mol. The van der Waals surface area contributed by atoms with Gasteiger partial charge in [-0.15, -0.1) is 0 Å². The van der Waals surface area contributed by atoms with Crippen molar-refractivity contribution in [1.82, 2.24) is 15.2 Å². The van der Waals surface area contributed by atoms with E-state index in [-0.39, 0.29) is 0 Å². The molecule has 0 saturated carbocycles. The standard InChI is InChI=1S/C15H23N3/c1-4-18(3)11-12(2)16-9-13-10-17-15-8-6-5-7-14(13)15/h5-8,10,12,16-17H,4,9,11H2,1-3H3. The predicted molar refractivity (Wildman–Crippen MR) is 77.8 cm³/mol. The fourth-order valence-electron chi connectivity index (χ4n) is 2.22. The van der Waals surface area contributed by atoms with E-state index in [0.29, 0.717) is 6.04 Å². The molecule has 0 fully saturated rings. The molecule has 2 rings (SSSR count). The van der Waals surface area contributed by atoms with Crippen molar-refractivity contribution in [3.05, 3.63) is 36.0 Å². The summed E-state index contributed by atoms with van der Waals surface area (Å²) >= 11 is 0. The van der Waals surface area contributed by atoms with Gasteiger partial charge in [0.2, 0.25) is 0 Å². The molecule has 18 heavy (non-hydrogen) atoms. The van der Waals surface area contributed by atoms with Crippen LogP contribution in [0.3, 0.4) is 0 Å². The van der Waals surface area contributed by atoms with Crippen LogP contribution in [0.5, 0.6) is 0 Å². The van der Waals surface area contributed by atoms with E-state index in [2.05, 4.69) is 66.6 Å². The highest BCUT2D eigenvalue weighted by Crippen LogP contribution is 2.17. The molecule has 0 aliphatic heterocycles. The van der Waals surface area contributed by atoms with Gasteiger partial charge in [-0.3, -0.25) is 0 Å². The van der Waals surface area contributed by atoms with Crippen molar-refractivity contribution in [2.24, 2.45) is 0 Å². The highest BCUT2D eigenvalue weighted by Gasteiger charge is 2.06. The molecule has 0 amide bonds. The maximum absolute atomic E-state index is 3.58. The highest BCUT2D eigenvalue weighted by atomic mass is 15.1. The summed E-state index contributed by atoms with van der Waals surface area (Å²) in [4.78, 5) is 5.64. The average Bonchev–Trinajstić information content (AvgIpc) is 2.79. The zero-order valence-electron chi connectivity index (χ0n) is 11.5. The minimum atomic E-state index is 0.503. The minimum Gasteiger partial charge on any atom is -0.361 e. The van der Waals surface area contributed by atoms with E-state index in [0.717, 1.165) is 19.6 Å². The molecule has 98 valence electrons. The first-order chi connectivity index (χ1) is 8.70. The lowest BCUT2D eigenvalue weighted by Gasteiger charge is -2.20. The zero-order chi connectivity index (χ0) is 13.0. The number of para-hydroxylation sites is 1. The Bertz CT molecular complexity index is 489. The van der Waals surface area contributed by atoms with Crippen molar-refractivity contribution in [3.8, 4) is 0 Å². The summed E-state index contributed by atoms with van der Waals surface area (Å²) in [7, 11) is 2.16. The summed E-state index contributed by atoms with van der Waals surface area (Å²) in [6.45, 7) is 7.52. The van der Waals surface area contributed by atoms with E-state index in [1.165, 1.54) is 16.5 Å². The number of hydrogen-bond acceptors (Lipinski definition) is 2. The van der Waals surface area contributed by atoms with Gasteiger partial charge in [0.05, 0.1) is 0 Å². The molecule has 1 atom stereocenters. The number of aromatic nitrogens is 1. The number of H-pyrrole nitrogens is 1. The summed E-state index contributed by atoms with van der Waals surface area (Å²) < 4.78 is 0. The number of fused-ring (bicyclic) bond motifs is 1. The normalized spacial score (nSPS) is 13.3. The zero-order valence-corrected chi connectivity index (χ0v) is 11.5. The van der Waals surface area contributed by atoms with Gasteiger partial charge in [-0.05, 0) is 32.1 Å². The second-order valence-corrected chi connectivity index (χ2v) is 5.00.